The summed E-state index contributed by atoms with van der Waals surface area (Å²) in [5.41, 5.74) is 3.95. The number of aryl methyl sites for hydroxylation is 1. The molecule has 1 aliphatic heterocycles. The number of ether oxygens (including phenoxy) is 3. The van der Waals surface area contributed by atoms with Gasteiger partial charge in [-0.1, -0.05) is 54.6 Å². The molecule has 0 aromatic heterocycles. The number of amides is 3. The summed E-state index contributed by atoms with van der Waals surface area (Å²) in [7, 11) is 4.70. The fourth-order valence-corrected chi connectivity index (χ4v) is 5.09. The van der Waals surface area contributed by atoms with Gasteiger partial charge in [0, 0.05) is 13.0 Å². The van der Waals surface area contributed by atoms with Gasteiger partial charge in [0.05, 0.1) is 21.3 Å². The van der Waals surface area contributed by atoms with Crippen molar-refractivity contribution < 1.29 is 28.6 Å². The molecule has 0 spiro atoms. The van der Waals surface area contributed by atoms with Gasteiger partial charge < -0.3 is 29.7 Å². The summed E-state index contributed by atoms with van der Waals surface area (Å²) in [4.78, 5) is 40.1. The van der Waals surface area contributed by atoms with Crippen molar-refractivity contribution in [3.8, 4) is 28.4 Å². The molecule has 1 fully saturated rings. The molecule has 2 atom stereocenters. The molecule has 0 aliphatic carbocycles. The van der Waals surface area contributed by atoms with Crippen LogP contribution in [0.25, 0.3) is 11.1 Å². The van der Waals surface area contributed by atoms with E-state index in [1.54, 1.807) is 28.3 Å². The van der Waals surface area contributed by atoms with Gasteiger partial charge in [-0.05, 0) is 60.6 Å². The molecule has 4 rings (SSSR count). The normalized spacial score (nSPS) is 16.5. The first-order valence-electron chi connectivity index (χ1n) is 14.2. The molecule has 0 saturated carbocycles. The molecule has 1 heterocycles. The van der Waals surface area contributed by atoms with Crippen LogP contribution in [0.5, 0.6) is 17.2 Å². The molecular weight excluding hydrogens is 534 g/mol. The summed E-state index contributed by atoms with van der Waals surface area (Å²) >= 11 is 0. The molecule has 3 amide bonds. The van der Waals surface area contributed by atoms with E-state index in [4.69, 9.17) is 14.2 Å². The molecule has 1 unspecified atom stereocenters. The third-order valence-corrected chi connectivity index (χ3v) is 7.51. The zero-order chi connectivity index (χ0) is 30.1. The average molecular weight is 574 g/mol. The molecule has 1 saturated heterocycles. The monoisotopic (exact) mass is 573 g/mol. The van der Waals surface area contributed by atoms with Gasteiger partial charge in [0.2, 0.25) is 23.5 Å². The molecular formula is C33H39N3O6. The van der Waals surface area contributed by atoms with E-state index in [0.717, 1.165) is 36.0 Å². The van der Waals surface area contributed by atoms with Crippen molar-refractivity contribution in [2.45, 2.75) is 44.7 Å². The highest BCUT2D eigenvalue weighted by atomic mass is 16.5. The topological polar surface area (TPSA) is 106 Å². The highest BCUT2D eigenvalue weighted by Gasteiger charge is 2.38. The molecule has 9 heteroatoms. The Morgan fingerprint density at radius 3 is 2.14 bits per heavy atom. The van der Waals surface area contributed by atoms with Gasteiger partial charge >= 0.3 is 0 Å². The van der Waals surface area contributed by atoms with Crippen molar-refractivity contribution in [1.82, 2.24) is 15.5 Å². The predicted octanol–water partition coefficient (Wildman–Crippen LogP) is 3.78. The third-order valence-electron chi connectivity index (χ3n) is 7.51. The Hall–Kier alpha value is -4.53. The molecule has 3 aromatic carbocycles. The maximum Gasteiger partial charge on any atom is 0.246 e. The van der Waals surface area contributed by atoms with Crippen molar-refractivity contribution in [2.75, 3.05) is 34.4 Å². The number of piperazine rings is 1. The molecule has 222 valence electrons. The Labute approximate surface area is 247 Å². The molecule has 3 aromatic rings. The second kappa shape index (κ2) is 14.4. The lowest BCUT2D eigenvalue weighted by atomic mass is 9.97. The minimum absolute atomic E-state index is 0.150. The molecule has 0 radical (unpaired) electrons. The van der Waals surface area contributed by atoms with Crippen molar-refractivity contribution in [3.63, 3.8) is 0 Å². The van der Waals surface area contributed by atoms with Crippen LogP contribution in [-0.2, 0) is 27.2 Å². The van der Waals surface area contributed by atoms with E-state index in [0.29, 0.717) is 30.2 Å². The summed E-state index contributed by atoms with van der Waals surface area (Å²) in [6.07, 6.45) is 3.04. The number of carbonyl (C=O) groups excluding carboxylic acids is 3. The molecule has 0 bridgehead atoms. The van der Waals surface area contributed by atoms with Gasteiger partial charge in [0.25, 0.3) is 0 Å². The maximum absolute atomic E-state index is 13.3. The number of hydrogen-bond donors (Lipinski definition) is 2. The lowest BCUT2D eigenvalue weighted by Gasteiger charge is -2.37. The number of benzene rings is 3. The lowest BCUT2D eigenvalue weighted by Crippen LogP contribution is -2.64. The first-order chi connectivity index (χ1) is 20.3. The van der Waals surface area contributed by atoms with Gasteiger partial charge in [-0.3, -0.25) is 14.4 Å². The first kappa shape index (κ1) is 30.4. The van der Waals surface area contributed by atoms with Crippen LogP contribution in [0.4, 0.5) is 0 Å². The van der Waals surface area contributed by atoms with E-state index in [1.807, 2.05) is 54.6 Å². The Balaban J connectivity index is 1.34. The van der Waals surface area contributed by atoms with Gasteiger partial charge in [-0.15, -0.1) is 0 Å². The Morgan fingerprint density at radius 1 is 0.857 bits per heavy atom. The Morgan fingerprint density at radius 2 is 1.52 bits per heavy atom. The van der Waals surface area contributed by atoms with Gasteiger partial charge in [-0.25, -0.2) is 0 Å². The van der Waals surface area contributed by atoms with E-state index < -0.39 is 12.1 Å². The van der Waals surface area contributed by atoms with Crippen LogP contribution in [0.2, 0.25) is 0 Å². The van der Waals surface area contributed by atoms with E-state index in [1.165, 1.54) is 10.5 Å². The lowest BCUT2D eigenvalue weighted by molar-refractivity contribution is -0.150. The maximum atomic E-state index is 13.3. The molecule has 42 heavy (non-hydrogen) atoms. The number of rotatable bonds is 13. The van der Waals surface area contributed by atoms with Gasteiger partial charge in [-0.2, -0.15) is 0 Å². The number of unbranched alkanes of at least 4 members (excludes halogenated alkanes) is 1. The smallest absolute Gasteiger partial charge is 0.246 e. The van der Waals surface area contributed by atoms with Crippen LogP contribution < -0.4 is 24.8 Å². The SMILES string of the molecule is COc1cc(-c2ccc(CC3NC(=O)[C@H](C)N(CC(=O)NCCCCc4ccccc4)C3=O)cc2)cc(OC)c1OC. The molecule has 2 N–H and O–H groups in total. The quantitative estimate of drug-likeness (QED) is 0.302. The minimum Gasteiger partial charge on any atom is -0.493 e. The van der Waals surface area contributed by atoms with Crippen LogP contribution in [0.1, 0.15) is 30.9 Å². The third kappa shape index (κ3) is 7.40. The van der Waals surface area contributed by atoms with Crippen LogP contribution in [0.15, 0.2) is 66.7 Å². The van der Waals surface area contributed by atoms with Crippen LogP contribution in [0.3, 0.4) is 0 Å². The van der Waals surface area contributed by atoms with Crippen molar-refractivity contribution in [1.29, 1.82) is 0 Å². The predicted molar refractivity (Wildman–Crippen MR) is 161 cm³/mol. The van der Waals surface area contributed by atoms with Crippen LogP contribution in [0, 0.1) is 0 Å². The summed E-state index contributed by atoms with van der Waals surface area (Å²) in [6.45, 7) is 2.02. The number of nitrogens with zero attached hydrogens (tertiary/aromatic N) is 1. The number of hydrogen-bond acceptors (Lipinski definition) is 6. The largest absolute Gasteiger partial charge is 0.493 e. The average Bonchev–Trinajstić information content (AvgIpc) is 3.01. The summed E-state index contributed by atoms with van der Waals surface area (Å²) in [5, 5.41) is 5.72. The second-order valence-electron chi connectivity index (χ2n) is 10.3. The van der Waals surface area contributed by atoms with Crippen molar-refractivity contribution in [3.05, 3.63) is 77.9 Å². The van der Waals surface area contributed by atoms with Crippen molar-refractivity contribution >= 4 is 17.7 Å². The van der Waals surface area contributed by atoms with Crippen LogP contribution >= 0.6 is 0 Å². The number of nitrogens with one attached hydrogen (secondary N) is 2. The highest BCUT2D eigenvalue weighted by molar-refractivity contribution is 5.98. The van der Waals surface area contributed by atoms with E-state index >= 15 is 0 Å². The zero-order valence-corrected chi connectivity index (χ0v) is 24.6. The van der Waals surface area contributed by atoms with Crippen LogP contribution in [-0.4, -0.2) is 69.1 Å². The summed E-state index contributed by atoms with van der Waals surface area (Å²) in [6, 6.07) is 20.2. The first-order valence-corrected chi connectivity index (χ1v) is 14.2. The van der Waals surface area contributed by atoms with Gasteiger partial charge in [0.15, 0.2) is 11.5 Å². The van der Waals surface area contributed by atoms with Crippen molar-refractivity contribution in [2.24, 2.45) is 0 Å². The number of carbonyl (C=O) groups is 3. The second-order valence-corrected chi connectivity index (χ2v) is 10.3. The Kier molecular flexibility index (Phi) is 10.4. The molecule has 9 nitrogen and oxygen atoms in total. The fourth-order valence-electron chi connectivity index (χ4n) is 5.09. The molecule has 1 aliphatic rings. The van der Waals surface area contributed by atoms with Gasteiger partial charge in [0.1, 0.15) is 18.6 Å². The van der Waals surface area contributed by atoms with E-state index in [9.17, 15) is 14.4 Å². The highest BCUT2D eigenvalue weighted by Crippen LogP contribution is 2.41. The minimum atomic E-state index is -0.751. The van der Waals surface area contributed by atoms with E-state index in [-0.39, 0.29) is 24.3 Å². The zero-order valence-electron chi connectivity index (χ0n) is 24.6. The summed E-state index contributed by atoms with van der Waals surface area (Å²) < 4.78 is 16.3. The standard InChI is InChI=1S/C33H39N3O6/c1-22-32(38)35-27(33(39)36(22)21-30(37)34-17-9-8-12-23-10-6-5-7-11-23)18-24-13-15-25(16-14-24)26-19-28(40-2)31(42-4)29(20-26)41-3/h5-7,10-11,13-16,19-20,22,27H,8-9,12,17-18,21H2,1-4H3,(H,34,37)(H,35,38)/t22-,27?/m0/s1. The fraction of sp³-hybridized carbons (Fsp3) is 0.364. The summed E-state index contributed by atoms with van der Waals surface area (Å²) in [5.74, 6) is 0.814. The Bertz CT molecular complexity index is 1350. The van der Waals surface area contributed by atoms with E-state index in [2.05, 4.69) is 22.8 Å². The number of methoxy groups -OCH3 is 3.